The number of rotatable bonds is 11. The Morgan fingerprint density at radius 1 is 0.188 bits per heavy atom. The van der Waals surface area contributed by atoms with E-state index in [1.165, 1.54) is 0 Å². The second-order valence-corrected chi connectivity index (χ2v) is 28.3. The minimum absolute atomic E-state index is 0.849. The van der Waals surface area contributed by atoms with E-state index in [0.29, 0.717) is 0 Å². The van der Waals surface area contributed by atoms with Crippen molar-refractivity contribution in [1.29, 1.82) is 0 Å². The van der Waals surface area contributed by atoms with Gasteiger partial charge in [0.15, 0.2) is 0 Å². The predicted octanol–water partition coefficient (Wildman–Crippen LogP) is 23.2. The van der Waals surface area contributed by atoms with Gasteiger partial charge in [-0.25, -0.2) is 44.9 Å². The van der Waals surface area contributed by atoms with Crippen molar-refractivity contribution in [2.24, 2.45) is 0 Å². The summed E-state index contributed by atoms with van der Waals surface area (Å²) in [5.41, 5.74) is 32.9. The Hall–Kier alpha value is -16.3. The van der Waals surface area contributed by atoms with E-state index in [4.69, 9.17) is 44.9 Å². The third kappa shape index (κ3) is 13.1. The molecule has 0 spiro atoms. The van der Waals surface area contributed by atoms with Gasteiger partial charge in [-0.2, -0.15) is 0 Å². The molecule has 0 radical (unpaired) electrons. The van der Waals surface area contributed by atoms with Crippen molar-refractivity contribution in [2.45, 2.75) is 0 Å². The molecule has 0 fully saturated rings. The van der Waals surface area contributed by atoms with Crippen LogP contribution in [-0.2, 0) is 0 Å². The zero-order valence-electron chi connectivity index (χ0n) is 62.6. The summed E-state index contributed by atoms with van der Waals surface area (Å²) in [6.07, 6.45) is 18.8. The van der Waals surface area contributed by atoms with Crippen LogP contribution in [0.15, 0.2) is 390 Å². The van der Waals surface area contributed by atoms with Crippen LogP contribution in [0.3, 0.4) is 0 Å². The van der Waals surface area contributed by atoms with Crippen LogP contribution in [0.4, 0.5) is 0 Å². The summed E-state index contributed by atoms with van der Waals surface area (Å²) in [5, 5.41) is 3.15. The Morgan fingerprint density at radius 2 is 0.538 bits per heavy atom. The van der Waals surface area contributed by atoms with Crippen molar-refractivity contribution in [3.63, 3.8) is 0 Å². The summed E-state index contributed by atoms with van der Waals surface area (Å²) >= 11 is 0. The van der Waals surface area contributed by atoms with Crippen molar-refractivity contribution in [1.82, 2.24) is 78.0 Å². The van der Waals surface area contributed by atoms with E-state index in [2.05, 4.69) is 173 Å². The van der Waals surface area contributed by atoms with Crippen molar-refractivity contribution >= 4 is 82.8 Å². The minimum atomic E-state index is 0.849. The van der Waals surface area contributed by atoms with Gasteiger partial charge in [-0.3, -0.25) is 33.1 Å². The van der Waals surface area contributed by atoms with Gasteiger partial charge in [0, 0.05) is 123 Å². The van der Waals surface area contributed by atoms with Gasteiger partial charge in [-0.05, 0) is 186 Å². The van der Waals surface area contributed by atoms with Crippen molar-refractivity contribution in [3.8, 4) is 124 Å². The highest BCUT2D eigenvalue weighted by atomic mass is 15.0. The smallest absolute Gasteiger partial charge is 0.137 e. The first-order valence-electron chi connectivity index (χ1n) is 38.5. The van der Waals surface area contributed by atoms with E-state index in [-0.39, 0.29) is 0 Å². The summed E-state index contributed by atoms with van der Waals surface area (Å²) in [6.45, 7) is 0. The molecule has 0 aliphatic carbocycles. The number of hydrogen-bond donors (Lipinski definition) is 0. The average molecular weight is 1500 g/mol. The van der Waals surface area contributed by atoms with Gasteiger partial charge in [0.2, 0.25) is 0 Å². The molecule has 0 bridgehead atoms. The first-order chi connectivity index (χ1) is 58.0. The lowest BCUT2D eigenvalue weighted by atomic mass is 9.95. The molecule has 0 atom stereocenters. The Labute approximate surface area is 669 Å². The lowest BCUT2D eigenvalue weighted by molar-refractivity contribution is 1.22. The van der Waals surface area contributed by atoms with E-state index < -0.39 is 0 Å². The topological polar surface area (TPSA) is 181 Å². The fraction of sp³-hybridized carbons (Fsp3) is 0. The molecular weight excluding hydrogens is 1440 g/mol. The van der Waals surface area contributed by atoms with Crippen LogP contribution in [0.25, 0.3) is 206 Å². The zero-order chi connectivity index (χ0) is 77.5. The van der Waals surface area contributed by atoms with Gasteiger partial charge in [0.25, 0.3) is 0 Å². The molecule has 23 aromatic rings. The lowest BCUT2D eigenvalue weighted by Crippen LogP contribution is -1.93. The standard InChI is InChI=1S/C41H26N6.2C30H19N5/c1-2-12-35-34(11-1)40-41(47-22-4-3-13-38(47)46-40)39(45-35)32-10-6-8-30(24-32)29-7-5-9-31(23-29)33-25-36(27-14-18-42-19-15-27)44-37(26-33)28-16-20-43-21-17-28;1-2-12-24-22(11-1)29-30(35-18-6-4-16-27(35)34-29)28(33-24)21-10-7-9-20(19-21)23-14-8-15-26(32-23)25-13-3-5-17-31-25;1-2-12-26-23(11-1)29-30(35-17-4-3-15-27(35)34-29)28(33-26)21-9-5-8-20(18-21)24-13-6-14-25(32-24)22-10-7-16-31-19-22/h1-26H;2*1-19H. The fourth-order valence-electron chi connectivity index (χ4n) is 15.6. The summed E-state index contributed by atoms with van der Waals surface area (Å²) in [6, 6.07) is 111. The third-order valence-electron chi connectivity index (χ3n) is 21.1. The molecule has 0 amide bonds. The predicted molar refractivity (Wildman–Crippen MR) is 468 cm³/mol. The van der Waals surface area contributed by atoms with Crippen LogP contribution in [0.2, 0.25) is 0 Å². The lowest BCUT2D eigenvalue weighted by Gasteiger charge is -2.12. The van der Waals surface area contributed by atoms with Crippen LogP contribution in [0.5, 0.6) is 0 Å². The van der Waals surface area contributed by atoms with Crippen LogP contribution in [-0.4, -0.2) is 78.0 Å². The van der Waals surface area contributed by atoms with Gasteiger partial charge in [0.05, 0.1) is 90.0 Å². The van der Waals surface area contributed by atoms with E-state index in [1.54, 1.807) is 37.2 Å². The van der Waals surface area contributed by atoms with E-state index >= 15 is 0 Å². The van der Waals surface area contributed by atoms with Crippen LogP contribution in [0.1, 0.15) is 0 Å². The molecule has 0 N–H and O–H groups in total. The number of fused-ring (bicyclic) bond motifs is 15. The quantitative estimate of drug-likeness (QED) is 0.119. The molecule has 548 valence electrons. The molecule has 16 heteroatoms. The fourth-order valence-corrected chi connectivity index (χ4v) is 15.6. The van der Waals surface area contributed by atoms with E-state index in [0.717, 1.165) is 206 Å². The number of para-hydroxylation sites is 3. The number of imidazole rings is 3. The number of nitrogens with zero attached hydrogens (tertiary/aromatic N) is 16. The van der Waals surface area contributed by atoms with Crippen molar-refractivity contribution in [3.05, 3.63) is 390 Å². The molecule has 7 aromatic carbocycles. The second-order valence-electron chi connectivity index (χ2n) is 28.3. The maximum absolute atomic E-state index is 5.20. The van der Waals surface area contributed by atoms with E-state index in [9.17, 15) is 0 Å². The highest BCUT2D eigenvalue weighted by Gasteiger charge is 2.22. The molecule has 117 heavy (non-hydrogen) atoms. The maximum Gasteiger partial charge on any atom is 0.137 e. The van der Waals surface area contributed by atoms with Gasteiger partial charge in [-0.1, -0.05) is 164 Å². The zero-order valence-corrected chi connectivity index (χ0v) is 62.6. The van der Waals surface area contributed by atoms with Gasteiger partial charge < -0.3 is 0 Å². The Balaban J connectivity index is 0.000000111. The molecule has 0 saturated carbocycles. The number of aromatic nitrogens is 16. The molecule has 16 nitrogen and oxygen atoms in total. The number of benzene rings is 7. The van der Waals surface area contributed by atoms with Crippen molar-refractivity contribution in [2.75, 3.05) is 0 Å². The normalized spacial score (nSPS) is 11.4. The average Bonchev–Trinajstić information content (AvgIpc) is 1.61. The highest BCUT2D eigenvalue weighted by Crippen LogP contribution is 2.41. The molecule has 0 saturated heterocycles. The van der Waals surface area contributed by atoms with Gasteiger partial charge >= 0.3 is 0 Å². The van der Waals surface area contributed by atoms with Crippen LogP contribution < -0.4 is 0 Å². The largest absolute Gasteiger partial charge is 0.298 e. The van der Waals surface area contributed by atoms with E-state index in [1.807, 2.05) is 213 Å². The Bertz CT molecular complexity index is 7390. The Morgan fingerprint density at radius 3 is 0.983 bits per heavy atom. The summed E-state index contributed by atoms with van der Waals surface area (Å²) < 4.78 is 6.39. The van der Waals surface area contributed by atoms with Crippen molar-refractivity contribution < 1.29 is 0 Å². The van der Waals surface area contributed by atoms with Crippen LogP contribution >= 0.6 is 0 Å². The summed E-state index contributed by atoms with van der Waals surface area (Å²) in [4.78, 5) is 62.3. The van der Waals surface area contributed by atoms with Gasteiger partial charge in [-0.15, -0.1) is 0 Å². The monoisotopic (exact) mass is 1500 g/mol. The first kappa shape index (κ1) is 68.7. The second kappa shape index (κ2) is 29.7. The molecule has 16 heterocycles. The molecule has 0 aliphatic heterocycles. The minimum Gasteiger partial charge on any atom is -0.298 e. The number of hydrogen-bond acceptors (Lipinski definition) is 13. The SMILES string of the molecule is c1cc(-c2cccc(-c3nc4ccccc4c4nc5ccccn5c34)c2)cc(-c2cc(-c3ccncc3)nc(-c3ccncc3)c2)c1.c1ccc(-c2cccc(-c3cccc(-c4nc5ccccc5c5nc6ccccn6c45)c3)n2)nc1.c1cncc(-c2cccc(-c3cccc(-c4nc5ccccc5c5nc6ccccn6c45)c3)n2)c1. The summed E-state index contributed by atoms with van der Waals surface area (Å²) in [7, 11) is 0. The maximum atomic E-state index is 5.20. The van der Waals surface area contributed by atoms with Crippen LogP contribution in [0, 0.1) is 0 Å². The number of pyridine rings is 13. The molecule has 0 aliphatic rings. The van der Waals surface area contributed by atoms with Gasteiger partial charge in [0.1, 0.15) is 33.5 Å². The first-order valence-corrected chi connectivity index (χ1v) is 38.5. The summed E-state index contributed by atoms with van der Waals surface area (Å²) in [5.74, 6) is 0. The Kier molecular flexibility index (Phi) is 17.5. The molecule has 16 aromatic heterocycles. The molecular formula is C101H64N16. The highest BCUT2D eigenvalue weighted by molar-refractivity contribution is 6.12. The molecule has 0 unspecified atom stereocenters. The third-order valence-corrected chi connectivity index (χ3v) is 21.1. The molecule has 23 rings (SSSR count).